The summed E-state index contributed by atoms with van der Waals surface area (Å²) in [6.45, 7) is 3.96. The topological polar surface area (TPSA) is 60.9 Å². The predicted octanol–water partition coefficient (Wildman–Crippen LogP) is 5.63. The van der Waals surface area contributed by atoms with E-state index in [0.717, 1.165) is 63.0 Å². The van der Waals surface area contributed by atoms with Crippen molar-refractivity contribution >= 4 is 11.5 Å². The highest BCUT2D eigenvalue weighted by Crippen LogP contribution is 2.51. The Morgan fingerprint density at radius 1 is 0.947 bits per heavy atom. The standard InChI is InChI=1S/C29H31F3N4O2/c30-29(31,32)20-9-12-24-23(17-20)28-22(27(33-24)19-5-2-1-3-6-19)11-10-21(38-28)18-35-13-15-36(16-14-35)25-7-4-8-26(37)34-25/h1-9,12,17,21-22,27-28,33H,10-11,13-16,18H2,(H,34,37)/t21-,22+,27+,28+/m1/s1. The number of nitrogens with one attached hydrogen (secondary N) is 1. The Kier molecular flexibility index (Phi) is 6.65. The van der Waals surface area contributed by atoms with Crippen molar-refractivity contribution in [3.63, 3.8) is 0 Å². The summed E-state index contributed by atoms with van der Waals surface area (Å²) in [5.41, 5.74) is 1.78. The summed E-state index contributed by atoms with van der Waals surface area (Å²) in [4.78, 5) is 8.72. The summed E-state index contributed by atoms with van der Waals surface area (Å²) >= 11 is 0. The van der Waals surface area contributed by atoms with Crippen LogP contribution in [0.5, 0.6) is 5.88 Å². The molecule has 200 valence electrons. The first-order chi connectivity index (χ1) is 18.3. The van der Waals surface area contributed by atoms with Gasteiger partial charge in [-0.1, -0.05) is 36.4 Å². The number of nitrogens with zero attached hydrogens (tertiary/aromatic N) is 3. The molecule has 9 heteroatoms. The average molecular weight is 525 g/mol. The van der Waals surface area contributed by atoms with Crippen molar-refractivity contribution < 1.29 is 23.0 Å². The number of hydrogen-bond donors (Lipinski definition) is 2. The molecule has 2 fully saturated rings. The second-order valence-electron chi connectivity index (χ2n) is 10.4. The van der Waals surface area contributed by atoms with Gasteiger partial charge in [-0.15, -0.1) is 0 Å². The Labute approximate surface area is 220 Å². The van der Waals surface area contributed by atoms with Gasteiger partial charge in [0, 0.05) is 56.0 Å². The number of benzene rings is 2. The zero-order valence-electron chi connectivity index (χ0n) is 20.9. The molecule has 2 aromatic carbocycles. The van der Waals surface area contributed by atoms with Crippen molar-refractivity contribution in [3.8, 4) is 5.88 Å². The molecule has 6 nitrogen and oxygen atoms in total. The van der Waals surface area contributed by atoms with Crippen molar-refractivity contribution in [2.75, 3.05) is 42.9 Å². The van der Waals surface area contributed by atoms with Crippen molar-refractivity contribution in [1.82, 2.24) is 9.88 Å². The SMILES string of the molecule is Oc1cccc(N2CCN(C[C@H]3CC[C@@H]4[C@H](O3)c3cc(C(F)(F)F)ccc3N[C@H]4c3ccccc3)CC2)n1. The first kappa shape index (κ1) is 25.0. The second-order valence-corrected chi connectivity index (χ2v) is 10.4. The van der Waals surface area contributed by atoms with Gasteiger partial charge in [0.2, 0.25) is 5.88 Å². The van der Waals surface area contributed by atoms with E-state index in [0.29, 0.717) is 11.3 Å². The molecule has 0 bridgehead atoms. The van der Waals surface area contributed by atoms with Crippen LogP contribution in [0.25, 0.3) is 0 Å². The summed E-state index contributed by atoms with van der Waals surface area (Å²) in [5.74, 6) is 0.818. The van der Waals surface area contributed by atoms with Crippen LogP contribution < -0.4 is 10.2 Å². The van der Waals surface area contributed by atoms with E-state index in [2.05, 4.69) is 32.2 Å². The van der Waals surface area contributed by atoms with Gasteiger partial charge >= 0.3 is 6.18 Å². The van der Waals surface area contributed by atoms with Crippen LogP contribution in [0.1, 0.15) is 41.7 Å². The van der Waals surface area contributed by atoms with Crippen LogP contribution in [0.3, 0.4) is 0 Å². The fourth-order valence-electron chi connectivity index (χ4n) is 6.09. The zero-order chi connectivity index (χ0) is 26.3. The summed E-state index contributed by atoms with van der Waals surface area (Å²) in [6, 6.07) is 19.3. The predicted molar refractivity (Wildman–Crippen MR) is 139 cm³/mol. The minimum Gasteiger partial charge on any atom is -0.493 e. The van der Waals surface area contributed by atoms with Gasteiger partial charge in [-0.25, -0.2) is 0 Å². The Morgan fingerprint density at radius 3 is 2.47 bits per heavy atom. The smallest absolute Gasteiger partial charge is 0.416 e. The Hall–Kier alpha value is -3.30. The number of piperazine rings is 1. The number of ether oxygens (including phenoxy) is 1. The highest BCUT2D eigenvalue weighted by atomic mass is 19.4. The summed E-state index contributed by atoms with van der Waals surface area (Å²) in [6.07, 6.45) is -3.15. The first-order valence-corrected chi connectivity index (χ1v) is 13.2. The third kappa shape index (κ3) is 5.05. The number of hydrogen-bond acceptors (Lipinski definition) is 6. The number of rotatable bonds is 4. The molecule has 0 aliphatic carbocycles. The van der Waals surface area contributed by atoms with Crippen molar-refractivity contribution in [1.29, 1.82) is 0 Å². The summed E-state index contributed by atoms with van der Waals surface area (Å²) < 4.78 is 47.4. The third-order valence-electron chi connectivity index (χ3n) is 8.01. The van der Waals surface area contributed by atoms with Gasteiger partial charge in [0.25, 0.3) is 0 Å². The molecule has 0 saturated carbocycles. The van der Waals surface area contributed by atoms with Gasteiger partial charge in [-0.2, -0.15) is 18.2 Å². The third-order valence-corrected chi connectivity index (χ3v) is 8.01. The van der Waals surface area contributed by atoms with Crippen molar-refractivity contribution in [2.24, 2.45) is 5.92 Å². The number of anilines is 2. The fraction of sp³-hybridized carbons (Fsp3) is 0.414. The van der Waals surface area contributed by atoms with Crippen LogP contribution in [0.2, 0.25) is 0 Å². The van der Waals surface area contributed by atoms with E-state index in [1.165, 1.54) is 6.07 Å². The number of halogens is 3. The van der Waals surface area contributed by atoms with E-state index < -0.39 is 17.8 Å². The van der Waals surface area contributed by atoms with Crippen LogP contribution in [0, 0.1) is 5.92 Å². The highest BCUT2D eigenvalue weighted by Gasteiger charge is 2.44. The molecule has 3 aromatic rings. The van der Waals surface area contributed by atoms with Crippen molar-refractivity contribution in [3.05, 3.63) is 83.4 Å². The van der Waals surface area contributed by atoms with Crippen LogP contribution in [0.4, 0.5) is 24.7 Å². The maximum Gasteiger partial charge on any atom is 0.416 e. The number of aromatic nitrogens is 1. The minimum absolute atomic E-state index is 0.0137. The van der Waals surface area contributed by atoms with Crippen LogP contribution in [-0.2, 0) is 10.9 Å². The van der Waals surface area contributed by atoms with Gasteiger partial charge in [0.05, 0.1) is 23.8 Å². The molecular formula is C29H31F3N4O2. The van der Waals surface area contributed by atoms with E-state index in [1.54, 1.807) is 18.2 Å². The van der Waals surface area contributed by atoms with E-state index in [-0.39, 0.29) is 23.9 Å². The lowest BCUT2D eigenvalue weighted by Gasteiger charge is -2.47. The number of fused-ring (bicyclic) bond motifs is 3. The number of alkyl halides is 3. The second kappa shape index (κ2) is 10.1. The van der Waals surface area contributed by atoms with E-state index in [4.69, 9.17) is 4.74 Å². The van der Waals surface area contributed by atoms with Crippen LogP contribution in [0.15, 0.2) is 66.7 Å². The molecule has 3 aliphatic rings. The van der Waals surface area contributed by atoms with Crippen LogP contribution in [-0.4, -0.2) is 53.8 Å². The van der Waals surface area contributed by atoms with Gasteiger partial charge in [-0.3, -0.25) is 4.90 Å². The molecule has 1 aromatic heterocycles. The zero-order valence-corrected chi connectivity index (χ0v) is 20.9. The number of pyridine rings is 1. The molecule has 4 atom stereocenters. The largest absolute Gasteiger partial charge is 0.493 e. The van der Waals surface area contributed by atoms with E-state index >= 15 is 0 Å². The molecule has 6 rings (SSSR count). The monoisotopic (exact) mass is 524 g/mol. The molecule has 3 aliphatic heterocycles. The molecule has 2 saturated heterocycles. The van der Waals surface area contributed by atoms with E-state index in [1.807, 2.05) is 24.3 Å². The maximum absolute atomic E-state index is 13.6. The van der Waals surface area contributed by atoms with Gasteiger partial charge in [0.1, 0.15) is 5.82 Å². The molecule has 0 radical (unpaired) electrons. The highest BCUT2D eigenvalue weighted by molar-refractivity contribution is 5.58. The molecule has 0 amide bonds. The Balaban J connectivity index is 1.19. The Bertz CT molecular complexity index is 1260. The molecule has 4 heterocycles. The normalized spacial score (nSPS) is 25.8. The van der Waals surface area contributed by atoms with Crippen LogP contribution >= 0.6 is 0 Å². The number of aromatic hydroxyl groups is 1. The molecular weight excluding hydrogens is 493 g/mol. The van der Waals surface area contributed by atoms with E-state index in [9.17, 15) is 18.3 Å². The molecule has 38 heavy (non-hydrogen) atoms. The van der Waals surface area contributed by atoms with Gasteiger partial charge in [-0.05, 0) is 42.7 Å². The molecule has 2 N–H and O–H groups in total. The van der Waals surface area contributed by atoms with Crippen molar-refractivity contribution in [2.45, 2.75) is 37.3 Å². The van der Waals surface area contributed by atoms with Gasteiger partial charge < -0.3 is 20.1 Å². The van der Waals surface area contributed by atoms with Gasteiger partial charge in [0.15, 0.2) is 0 Å². The quantitative estimate of drug-likeness (QED) is 0.461. The maximum atomic E-state index is 13.6. The lowest BCUT2D eigenvalue weighted by atomic mass is 9.76. The minimum atomic E-state index is -4.40. The molecule has 0 spiro atoms. The summed E-state index contributed by atoms with van der Waals surface area (Å²) in [7, 11) is 0. The average Bonchev–Trinajstić information content (AvgIpc) is 2.93. The lowest BCUT2D eigenvalue weighted by Crippen LogP contribution is -2.50. The summed E-state index contributed by atoms with van der Waals surface area (Å²) in [5, 5.41) is 13.2. The first-order valence-electron chi connectivity index (χ1n) is 13.2. The fourth-order valence-corrected chi connectivity index (χ4v) is 6.09. The molecule has 0 unspecified atom stereocenters. The Morgan fingerprint density at radius 2 is 1.74 bits per heavy atom. The lowest BCUT2D eigenvalue weighted by molar-refractivity contribution is -0.138.